The molecule has 0 bridgehead atoms. The second kappa shape index (κ2) is 15.2. The topological polar surface area (TPSA) is 155 Å². The molecule has 1 unspecified atom stereocenters. The highest BCUT2D eigenvalue weighted by atomic mass is 16.5. The molecular formula is C27H38N4O4. The molecule has 0 amide bonds. The first-order valence-electron chi connectivity index (χ1n) is 12.3. The maximum atomic E-state index is 11.3. The van der Waals surface area contributed by atoms with Crippen LogP contribution in [0.3, 0.4) is 0 Å². The largest absolute Gasteiger partial charge is 0.457 e. The van der Waals surface area contributed by atoms with Crippen molar-refractivity contribution in [3.05, 3.63) is 64.0 Å². The zero-order valence-corrected chi connectivity index (χ0v) is 20.6. The van der Waals surface area contributed by atoms with Gasteiger partial charge >= 0.3 is 5.97 Å². The maximum absolute atomic E-state index is 11.3. The van der Waals surface area contributed by atoms with Crippen LogP contribution in [0.25, 0.3) is 0 Å². The van der Waals surface area contributed by atoms with E-state index in [1.165, 1.54) is 57.6 Å². The Hall–Kier alpha value is -2.83. The molecule has 0 spiro atoms. The average Bonchev–Trinajstić information content (AvgIpc) is 3.25. The van der Waals surface area contributed by atoms with Gasteiger partial charge in [-0.05, 0) is 36.2 Å². The van der Waals surface area contributed by atoms with E-state index >= 15 is 0 Å². The highest BCUT2D eigenvalue weighted by Crippen LogP contribution is 2.28. The number of ether oxygens (including phenoxy) is 1. The second-order valence-corrected chi connectivity index (χ2v) is 8.80. The van der Waals surface area contributed by atoms with E-state index in [1.54, 1.807) is 24.3 Å². The number of benzene rings is 1. The van der Waals surface area contributed by atoms with E-state index in [1.807, 2.05) is 13.0 Å². The van der Waals surface area contributed by atoms with Crippen LogP contribution in [0, 0.1) is 18.3 Å². The number of nitrogens with zero attached hydrogens (tertiary/aromatic N) is 2. The van der Waals surface area contributed by atoms with Gasteiger partial charge in [-0.2, -0.15) is 5.26 Å². The Kier molecular flexibility index (Phi) is 12.4. The van der Waals surface area contributed by atoms with Crippen LogP contribution < -0.4 is 11.5 Å². The number of cyclic esters (lactones) is 1. The van der Waals surface area contributed by atoms with Gasteiger partial charge in [-0.3, -0.25) is 4.98 Å². The molecule has 1 aromatic carbocycles. The van der Waals surface area contributed by atoms with Crippen LogP contribution in [0.5, 0.6) is 0 Å². The zero-order chi connectivity index (χ0) is 25.6. The lowest BCUT2D eigenvalue weighted by atomic mass is 9.95. The molecule has 2 heterocycles. The maximum Gasteiger partial charge on any atom is 0.338 e. The van der Waals surface area contributed by atoms with Gasteiger partial charge in [-0.25, -0.2) is 4.79 Å². The quantitative estimate of drug-likeness (QED) is 0.480. The second-order valence-electron chi connectivity index (χ2n) is 8.80. The van der Waals surface area contributed by atoms with Crippen LogP contribution in [0.1, 0.15) is 102 Å². The molecule has 1 fully saturated rings. The van der Waals surface area contributed by atoms with Gasteiger partial charge in [0.2, 0.25) is 0 Å². The van der Waals surface area contributed by atoms with E-state index in [4.69, 9.17) is 21.5 Å². The molecule has 35 heavy (non-hydrogen) atoms. The van der Waals surface area contributed by atoms with Crippen molar-refractivity contribution in [1.82, 2.24) is 4.98 Å². The first kappa shape index (κ1) is 28.4. The van der Waals surface area contributed by atoms with E-state index in [9.17, 15) is 15.0 Å². The Balaban J connectivity index is 0.000000194. The number of aliphatic hydroxyl groups is 2. The number of aromatic nitrogens is 1. The molecule has 4 rings (SSSR count). The summed E-state index contributed by atoms with van der Waals surface area (Å²) in [6, 6.07) is 8.55. The Labute approximate surface area is 207 Å². The molecular weight excluding hydrogens is 444 g/mol. The minimum Gasteiger partial charge on any atom is -0.457 e. The van der Waals surface area contributed by atoms with Gasteiger partial charge in [-0.1, -0.05) is 57.4 Å². The predicted octanol–water partition coefficient (Wildman–Crippen LogP) is 3.72. The van der Waals surface area contributed by atoms with Crippen molar-refractivity contribution in [3.63, 3.8) is 0 Å². The van der Waals surface area contributed by atoms with Gasteiger partial charge in [0.1, 0.15) is 18.8 Å². The summed E-state index contributed by atoms with van der Waals surface area (Å²) in [7, 11) is 0. The first-order chi connectivity index (χ1) is 16.9. The minimum absolute atomic E-state index is 0.138. The lowest BCUT2D eigenvalue weighted by molar-refractivity contribution is 0.0535. The van der Waals surface area contributed by atoms with Crippen molar-refractivity contribution in [2.45, 2.75) is 77.1 Å². The number of hydrogen-bond donors (Lipinski definition) is 4. The fraction of sp³-hybridized carbons (Fsp3) is 0.519. The number of pyridine rings is 1. The lowest BCUT2D eigenvalue weighted by Gasteiger charge is -2.13. The highest BCUT2D eigenvalue weighted by Gasteiger charge is 2.25. The van der Waals surface area contributed by atoms with Crippen LogP contribution in [0.15, 0.2) is 30.5 Å². The summed E-state index contributed by atoms with van der Waals surface area (Å²) in [4.78, 5) is 15.1. The highest BCUT2D eigenvalue weighted by molar-refractivity contribution is 5.93. The molecule has 6 N–H and O–H groups in total. The third kappa shape index (κ3) is 8.71. The monoisotopic (exact) mass is 482 g/mol. The van der Waals surface area contributed by atoms with Crippen LogP contribution >= 0.6 is 0 Å². The summed E-state index contributed by atoms with van der Waals surface area (Å²) in [5.41, 5.74) is 14.7. The molecule has 1 aliphatic heterocycles. The smallest absolute Gasteiger partial charge is 0.338 e. The van der Waals surface area contributed by atoms with Gasteiger partial charge in [0.15, 0.2) is 0 Å². The lowest BCUT2D eigenvalue weighted by Crippen LogP contribution is -2.13. The van der Waals surface area contributed by atoms with Gasteiger partial charge in [0, 0.05) is 24.8 Å². The van der Waals surface area contributed by atoms with Crippen molar-refractivity contribution < 1.29 is 19.7 Å². The van der Waals surface area contributed by atoms with E-state index in [0.717, 1.165) is 16.7 Å². The number of esters is 1. The molecule has 1 aromatic heterocycles. The van der Waals surface area contributed by atoms with Crippen LogP contribution in [-0.2, 0) is 11.3 Å². The SMILES string of the molecule is C1CCCCCCC1.Cc1c([C@@H](O)CN)ccc2c1COC2=O.N#Cc1ccc(C(O)CN)nc1. The molecule has 8 nitrogen and oxygen atoms in total. The van der Waals surface area contributed by atoms with Gasteiger partial charge in [0.25, 0.3) is 0 Å². The van der Waals surface area contributed by atoms with E-state index in [2.05, 4.69) is 4.98 Å². The number of fused-ring (bicyclic) bond motifs is 1. The zero-order valence-electron chi connectivity index (χ0n) is 20.6. The van der Waals surface area contributed by atoms with Crippen molar-refractivity contribution in [2.75, 3.05) is 13.1 Å². The fourth-order valence-electron chi connectivity index (χ4n) is 4.06. The summed E-state index contributed by atoms with van der Waals surface area (Å²) in [5.74, 6) is -0.290. The molecule has 190 valence electrons. The van der Waals surface area contributed by atoms with Crippen molar-refractivity contribution >= 4 is 5.97 Å². The number of rotatable bonds is 4. The molecule has 1 saturated carbocycles. The molecule has 8 heteroatoms. The van der Waals surface area contributed by atoms with Crippen LogP contribution in [0.4, 0.5) is 0 Å². The van der Waals surface area contributed by atoms with E-state index < -0.39 is 12.2 Å². The summed E-state index contributed by atoms with van der Waals surface area (Å²) in [5, 5.41) is 27.3. The molecule has 0 radical (unpaired) electrons. The van der Waals surface area contributed by atoms with E-state index in [-0.39, 0.29) is 19.1 Å². The molecule has 2 atom stereocenters. The first-order valence-corrected chi connectivity index (χ1v) is 12.3. The van der Waals surface area contributed by atoms with Crippen LogP contribution in [-0.4, -0.2) is 34.3 Å². The summed E-state index contributed by atoms with van der Waals surface area (Å²) in [6.45, 7) is 2.48. The number of carbonyl (C=O) groups excluding carboxylic acids is 1. The van der Waals surface area contributed by atoms with Gasteiger partial charge < -0.3 is 26.4 Å². The third-order valence-corrected chi connectivity index (χ3v) is 6.27. The summed E-state index contributed by atoms with van der Waals surface area (Å²) < 4.78 is 4.92. The summed E-state index contributed by atoms with van der Waals surface area (Å²) >= 11 is 0. The average molecular weight is 483 g/mol. The van der Waals surface area contributed by atoms with Crippen molar-refractivity contribution in [3.8, 4) is 6.07 Å². The number of hydrogen-bond acceptors (Lipinski definition) is 8. The Morgan fingerprint density at radius 2 is 1.54 bits per heavy atom. The van der Waals surface area contributed by atoms with E-state index in [0.29, 0.717) is 23.4 Å². The van der Waals surface area contributed by atoms with Crippen molar-refractivity contribution in [2.24, 2.45) is 11.5 Å². The number of aliphatic hydroxyl groups excluding tert-OH is 2. The predicted molar refractivity (Wildman–Crippen MR) is 134 cm³/mol. The molecule has 2 aromatic rings. The van der Waals surface area contributed by atoms with Gasteiger partial charge in [0.05, 0.1) is 22.9 Å². The third-order valence-electron chi connectivity index (χ3n) is 6.27. The normalized spacial score (nSPS) is 16.5. The van der Waals surface area contributed by atoms with Crippen LogP contribution in [0.2, 0.25) is 0 Å². The Bertz CT molecular complexity index is 948. The summed E-state index contributed by atoms with van der Waals surface area (Å²) in [6.07, 6.45) is 12.0. The Morgan fingerprint density at radius 3 is 2.00 bits per heavy atom. The number of carbonyl (C=O) groups is 1. The number of nitrogens with two attached hydrogens (primary N) is 2. The number of nitriles is 1. The molecule has 1 aliphatic carbocycles. The standard InChI is InChI=1S/C11H13NO3.C8H9N3O.C8H16/c1-6-7(10(13)4-12)2-3-8-9(6)5-15-11(8)14;9-3-6-1-2-7(11-5-6)8(12)4-10;1-2-4-6-8-7-5-3-1/h2-3,10,13H,4-5,12H2,1H3;1-2,5,8,12H,4,10H2;1-8H2/t10-;;/m0../s1. The fourth-order valence-corrected chi connectivity index (χ4v) is 4.06. The molecule has 2 aliphatic rings. The Morgan fingerprint density at radius 1 is 0.971 bits per heavy atom. The minimum atomic E-state index is -0.738. The van der Waals surface area contributed by atoms with Crippen molar-refractivity contribution in [1.29, 1.82) is 5.26 Å². The molecule has 0 saturated heterocycles. The van der Waals surface area contributed by atoms with Gasteiger partial charge in [-0.15, -0.1) is 0 Å².